The van der Waals surface area contributed by atoms with Gasteiger partial charge in [-0.15, -0.1) is 0 Å². The van der Waals surface area contributed by atoms with E-state index >= 15 is 0 Å². The first-order valence-electron chi connectivity index (χ1n) is 11.6. The lowest BCUT2D eigenvalue weighted by Crippen LogP contribution is -2.56. The number of piperazine rings is 1. The van der Waals surface area contributed by atoms with Gasteiger partial charge in [0.2, 0.25) is 11.8 Å². The quantitative estimate of drug-likeness (QED) is 0.588. The van der Waals surface area contributed by atoms with E-state index in [0.29, 0.717) is 44.5 Å². The van der Waals surface area contributed by atoms with Gasteiger partial charge in [-0.1, -0.05) is 18.9 Å². The number of benzene rings is 1. The summed E-state index contributed by atoms with van der Waals surface area (Å²) in [5.41, 5.74) is 0.727. The SMILES string of the molecule is CCOC(=O)CCC(=O)N1CCN([C@@H](C(=O)Nc2cccc(OC)c2)C2CCCC2)CC1. The molecule has 2 fully saturated rings. The molecular formula is C24H35N3O5. The number of nitrogens with zero attached hydrogens (tertiary/aromatic N) is 2. The molecule has 3 rings (SSSR count). The van der Waals surface area contributed by atoms with Crippen molar-refractivity contribution in [2.24, 2.45) is 5.92 Å². The molecule has 2 aliphatic rings. The van der Waals surface area contributed by atoms with Crippen LogP contribution < -0.4 is 10.1 Å². The summed E-state index contributed by atoms with van der Waals surface area (Å²) in [6.45, 7) is 4.51. The number of esters is 1. The first-order chi connectivity index (χ1) is 15.5. The maximum absolute atomic E-state index is 13.3. The first kappa shape index (κ1) is 24.0. The lowest BCUT2D eigenvalue weighted by molar-refractivity contribution is -0.146. The fourth-order valence-corrected chi connectivity index (χ4v) is 4.72. The molecule has 0 unspecified atom stereocenters. The van der Waals surface area contributed by atoms with E-state index in [9.17, 15) is 14.4 Å². The van der Waals surface area contributed by atoms with Crippen molar-refractivity contribution in [3.63, 3.8) is 0 Å². The Hall–Kier alpha value is -2.61. The summed E-state index contributed by atoms with van der Waals surface area (Å²) >= 11 is 0. The molecule has 1 aliphatic carbocycles. The highest BCUT2D eigenvalue weighted by Crippen LogP contribution is 2.32. The van der Waals surface area contributed by atoms with Crippen LogP contribution in [0, 0.1) is 5.92 Å². The van der Waals surface area contributed by atoms with Crippen LogP contribution in [0.3, 0.4) is 0 Å². The smallest absolute Gasteiger partial charge is 0.306 e. The average molecular weight is 446 g/mol. The number of carbonyl (C=O) groups excluding carboxylic acids is 3. The van der Waals surface area contributed by atoms with Gasteiger partial charge < -0.3 is 19.7 Å². The topological polar surface area (TPSA) is 88.2 Å². The monoisotopic (exact) mass is 445 g/mol. The molecule has 0 radical (unpaired) electrons. The Kier molecular flexibility index (Phi) is 8.90. The molecule has 1 aliphatic heterocycles. The van der Waals surface area contributed by atoms with Crippen LogP contribution in [0.1, 0.15) is 45.4 Å². The van der Waals surface area contributed by atoms with Crippen LogP contribution >= 0.6 is 0 Å². The summed E-state index contributed by atoms with van der Waals surface area (Å²) in [4.78, 5) is 41.4. The number of methoxy groups -OCH3 is 1. The minimum Gasteiger partial charge on any atom is -0.497 e. The molecule has 0 spiro atoms. The predicted molar refractivity (Wildman–Crippen MR) is 121 cm³/mol. The largest absolute Gasteiger partial charge is 0.497 e. The first-order valence-corrected chi connectivity index (χ1v) is 11.6. The van der Waals surface area contributed by atoms with Crippen LogP contribution in [0.2, 0.25) is 0 Å². The number of hydrogen-bond acceptors (Lipinski definition) is 6. The third-order valence-electron chi connectivity index (χ3n) is 6.36. The van der Waals surface area contributed by atoms with E-state index in [4.69, 9.17) is 9.47 Å². The van der Waals surface area contributed by atoms with Gasteiger partial charge in [0.1, 0.15) is 5.75 Å². The summed E-state index contributed by atoms with van der Waals surface area (Å²) in [7, 11) is 1.61. The van der Waals surface area contributed by atoms with Gasteiger partial charge in [-0.05, 0) is 37.8 Å². The minimum absolute atomic E-state index is 0.00670. The Morgan fingerprint density at radius 2 is 1.81 bits per heavy atom. The predicted octanol–water partition coefficient (Wildman–Crippen LogP) is 2.68. The van der Waals surface area contributed by atoms with E-state index in [1.54, 1.807) is 18.9 Å². The van der Waals surface area contributed by atoms with Crippen molar-refractivity contribution in [2.75, 3.05) is 45.2 Å². The Balaban J connectivity index is 1.59. The second-order valence-corrected chi connectivity index (χ2v) is 8.43. The maximum Gasteiger partial charge on any atom is 0.306 e. The van der Waals surface area contributed by atoms with Crippen molar-refractivity contribution in [1.82, 2.24) is 9.80 Å². The molecule has 0 aromatic heterocycles. The normalized spacial score (nSPS) is 18.2. The molecule has 0 bridgehead atoms. The summed E-state index contributed by atoms with van der Waals surface area (Å²) < 4.78 is 10.2. The minimum atomic E-state index is -0.338. The number of ether oxygens (including phenoxy) is 2. The molecule has 1 aromatic rings. The van der Waals surface area contributed by atoms with Crippen molar-refractivity contribution in [3.05, 3.63) is 24.3 Å². The van der Waals surface area contributed by atoms with Crippen LogP contribution in [0.15, 0.2) is 24.3 Å². The molecule has 1 saturated heterocycles. The fourth-order valence-electron chi connectivity index (χ4n) is 4.72. The zero-order valence-corrected chi connectivity index (χ0v) is 19.2. The van der Waals surface area contributed by atoms with Gasteiger partial charge in [0.15, 0.2) is 0 Å². The molecule has 2 amide bonds. The maximum atomic E-state index is 13.3. The second kappa shape index (κ2) is 11.9. The third kappa shape index (κ3) is 6.45. The molecule has 8 nitrogen and oxygen atoms in total. The second-order valence-electron chi connectivity index (χ2n) is 8.43. The molecular weight excluding hydrogens is 410 g/mol. The highest BCUT2D eigenvalue weighted by molar-refractivity contribution is 5.95. The van der Waals surface area contributed by atoms with Crippen molar-refractivity contribution >= 4 is 23.5 Å². The fraction of sp³-hybridized carbons (Fsp3) is 0.625. The standard InChI is InChI=1S/C24H35N3O5/c1-3-32-22(29)12-11-21(28)26-13-15-27(16-14-26)23(18-7-4-5-8-18)24(30)25-19-9-6-10-20(17-19)31-2/h6,9-10,17-18,23H,3-5,7-8,11-16H2,1-2H3,(H,25,30)/t23-/m1/s1. The highest BCUT2D eigenvalue weighted by Gasteiger charge is 2.37. The summed E-state index contributed by atoms with van der Waals surface area (Å²) in [5.74, 6) is 0.667. The van der Waals surface area contributed by atoms with Gasteiger partial charge in [0, 0.05) is 44.4 Å². The van der Waals surface area contributed by atoms with Crippen molar-refractivity contribution in [2.45, 2.75) is 51.5 Å². The average Bonchev–Trinajstić information content (AvgIpc) is 3.32. The summed E-state index contributed by atoms with van der Waals surface area (Å²) in [6.07, 6.45) is 4.69. The van der Waals surface area contributed by atoms with E-state index < -0.39 is 0 Å². The number of carbonyl (C=O) groups is 3. The number of amides is 2. The van der Waals surface area contributed by atoms with Gasteiger partial charge >= 0.3 is 5.97 Å². The zero-order valence-electron chi connectivity index (χ0n) is 19.2. The number of nitrogens with one attached hydrogen (secondary N) is 1. The number of anilines is 1. The van der Waals surface area contributed by atoms with Crippen molar-refractivity contribution in [3.8, 4) is 5.75 Å². The molecule has 8 heteroatoms. The van der Waals surface area contributed by atoms with Gasteiger partial charge in [0.25, 0.3) is 0 Å². The summed E-state index contributed by atoms with van der Waals surface area (Å²) in [5, 5.41) is 3.08. The molecule has 1 saturated carbocycles. The highest BCUT2D eigenvalue weighted by atomic mass is 16.5. The van der Waals surface area contributed by atoms with Crippen molar-refractivity contribution < 1.29 is 23.9 Å². The molecule has 1 heterocycles. The van der Waals surface area contributed by atoms with Crippen LogP contribution in [0.4, 0.5) is 5.69 Å². The molecule has 176 valence electrons. The van der Waals surface area contributed by atoms with Crippen LogP contribution in [0.5, 0.6) is 5.75 Å². The van der Waals surface area contributed by atoms with E-state index in [1.165, 1.54) is 0 Å². The van der Waals surface area contributed by atoms with E-state index in [1.807, 2.05) is 24.3 Å². The van der Waals surface area contributed by atoms with Crippen LogP contribution in [-0.4, -0.2) is 73.5 Å². The number of hydrogen-bond donors (Lipinski definition) is 1. The Bertz CT molecular complexity index is 786. The third-order valence-corrected chi connectivity index (χ3v) is 6.36. The number of rotatable bonds is 9. The van der Waals surface area contributed by atoms with Crippen LogP contribution in [0.25, 0.3) is 0 Å². The van der Waals surface area contributed by atoms with Gasteiger partial charge in [-0.3, -0.25) is 19.3 Å². The zero-order chi connectivity index (χ0) is 22.9. The molecule has 1 N–H and O–H groups in total. The van der Waals surface area contributed by atoms with Gasteiger partial charge in [-0.25, -0.2) is 0 Å². The molecule has 1 atom stereocenters. The van der Waals surface area contributed by atoms with Gasteiger partial charge in [-0.2, -0.15) is 0 Å². The van der Waals surface area contributed by atoms with Gasteiger partial charge in [0.05, 0.1) is 26.2 Å². The lowest BCUT2D eigenvalue weighted by Gasteiger charge is -2.40. The Morgan fingerprint density at radius 3 is 2.47 bits per heavy atom. The Labute approximate surface area is 190 Å². The van der Waals surface area contributed by atoms with Crippen LogP contribution in [-0.2, 0) is 19.1 Å². The van der Waals surface area contributed by atoms with Crippen molar-refractivity contribution in [1.29, 1.82) is 0 Å². The Morgan fingerprint density at radius 1 is 1.09 bits per heavy atom. The van der Waals surface area contributed by atoms with E-state index in [0.717, 1.165) is 31.4 Å². The lowest BCUT2D eigenvalue weighted by atomic mass is 9.94. The molecule has 32 heavy (non-hydrogen) atoms. The molecule has 1 aromatic carbocycles. The summed E-state index contributed by atoms with van der Waals surface area (Å²) in [6, 6.07) is 7.19. The van der Waals surface area contributed by atoms with E-state index in [2.05, 4.69) is 10.2 Å². The van der Waals surface area contributed by atoms with E-state index in [-0.39, 0.29) is 36.7 Å².